The molecule has 1 aromatic carbocycles. The maximum Gasteiger partial charge on any atom is 0.229 e. The van der Waals surface area contributed by atoms with Gasteiger partial charge in [-0.3, -0.25) is 20.5 Å². The number of aromatic nitrogens is 1. The molecule has 2 aliphatic rings. The standard InChI is InChI=1S/C17H16N4O/c18-16-20-15(22)9-17(21-16)6-5-11-3-4-12(8-14(11)17)13-2-1-7-19-10-13/h1-4,7-8,10H,5-6,9H2,(H3,18,20,21,22)/t17-/m0/s1. The van der Waals surface area contributed by atoms with Gasteiger partial charge in [-0.15, -0.1) is 0 Å². The van der Waals surface area contributed by atoms with Crippen molar-refractivity contribution in [3.05, 3.63) is 53.9 Å². The first-order chi connectivity index (χ1) is 10.7. The summed E-state index contributed by atoms with van der Waals surface area (Å²) in [4.78, 5) is 16.1. The van der Waals surface area contributed by atoms with Crippen molar-refractivity contribution in [1.82, 2.24) is 15.6 Å². The van der Waals surface area contributed by atoms with E-state index in [1.165, 1.54) is 5.56 Å². The van der Waals surface area contributed by atoms with Gasteiger partial charge in [0.1, 0.15) is 0 Å². The molecule has 5 heteroatoms. The van der Waals surface area contributed by atoms with E-state index in [4.69, 9.17) is 5.41 Å². The first-order valence-electron chi connectivity index (χ1n) is 7.37. The third-order valence-corrected chi connectivity index (χ3v) is 4.53. The largest absolute Gasteiger partial charge is 0.346 e. The van der Waals surface area contributed by atoms with E-state index in [-0.39, 0.29) is 11.9 Å². The Kier molecular flexibility index (Phi) is 2.76. The van der Waals surface area contributed by atoms with Gasteiger partial charge < -0.3 is 5.32 Å². The molecule has 2 aromatic rings. The van der Waals surface area contributed by atoms with Gasteiger partial charge in [-0.05, 0) is 47.2 Å². The highest BCUT2D eigenvalue weighted by atomic mass is 16.2. The minimum absolute atomic E-state index is 0.0934. The van der Waals surface area contributed by atoms with Gasteiger partial charge in [0, 0.05) is 12.4 Å². The van der Waals surface area contributed by atoms with Crippen LogP contribution in [0, 0.1) is 5.41 Å². The summed E-state index contributed by atoms with van der Waals surface area (Å²) in [6.07, 6.45) is 5.74. The number of benzene rings is 1. The molecule has 1 atom stereocenters. The minimum Gasteiger partial charge on any atom is -0.346 e. The molecule has 1 spiro atoms. The summed E-state index contributed by atoms with van der Waals surface area (Å²) < 4.78 is 0. The van der Waals surface area contributed by atoms with Crippen molar-refractivity contribution in [1.29, 1.82) is 5.41 Å². The van der Waals surface area contributed by atoms with Gasteiger partial charge in [0.15, 0.2) is 5.96 Å². The second kappa shape index (κ2) is 4.66. The van der Waals surface area contributed by atoms with Crippen molar-refractivity contribution < 1.29 is 4.79 Å². The third-order valence-electron chi connectivity index (χ3n) is 4.53. The monoisotopic (exact) mass is 292 g/mol. The average Bonchev–Trinajstić information content (AvgIpc) is 2.84. The zero-order valence-electron chi connectivity index (χ0n) is 12.0. The SMILES string of the molecule is N=C1NC(=O)C[C@]2(CCc3ccc(-c4cccnc4)cc32)N1. The summed E-state index contributed by atoms with van der Waals surface area (Å²) >= 11 is 0. The molecule has 3 N–H and O–H groups in total. The molecule has 110 valence electrons. The van der Waals surface area contributed by atoms with E-state index in [1.807, 2.05) is 18.3 Å². The van der Waals surface area contributed by atoms with Crippen molar-refractivity contribution in [2.45, 2.75) is 24.8 Å². The van der Waals surface area contributed by atoms with Crippen LogP contribution in [0.15, 0.2) is 42.7 Å². The molecule has 0 bridgehead atoms. The molecule has 0 unspecified atom stereocenters. The van der Waals surface area contributed by atoms with Crippen LogP contribution in [0.5, 0.6) is 0 Å². The lowest BCUT2D eigenvalue weighted by Crippen LogP contribution is -2.58. The lowest BCUT2D eigenvalue weighted by Gasteiger charge is -2.36. The number of carbonyl (C=O) groups is 1. The summed E-state index contributed by atoms with van der Waals surface area (Å²) in [7, 11) is 0. The lowest BCUT2D eigenvalue weighted by atomic mass is 9.85. The molecule has 1 aliphatic carbocycles. The number of guanidine groups is 1. The normalized spacial score (nSPS) is 23.1. The molecule has 1 fully saturated rings. The highest BCUT2D eigenvalue weighted by Gasteiger charge is 2.44. The fraction of sp³-hybridized carbons (Fsp3) is 0.235. The molecule has 1 amide bonds. The molecule has 0 radical (unpaired) electrons. The first-order valence-corrected chi connectivity index (χ1v) is 7.37. The second-order valence-corrected chi connectivity index (χ2v) is 5.92. The van der Waals surface area contributed by atoms with Gasteiger partial charge in [-0.2, -0.15) is 0 Å². The number of hydrogen-bond donors (Lipinski definition) is 3. The van der Waals surface area contributed by atoms with Crippen LogP contribution in [0.25, 0.3) is 11.1 Å². The molecule has 4 rings (SSSR count). The summed E-state index contributed by atoms with van der Waals surface area (Å²) in [6.45, 7) is 0. The van der Waals surface area contributed by atoms with E-state index >= 15 is 0 Å². The van der Waals surface area contributed by atoms with Crippen molar-refractivity contribution in [3.63, 3.8) is 0 Å². The highest BCUT2D eigenvalue weighted by molar-refractivity contribution is 5.99. The zero-order chi connectivity index (χ0) is 15.2. The Hall–Kier alpha value is -2.69. The van der Waals surface area contributed by atoms with Crippen LogP contribution < -0.4 is 10.6 Å². The van der Waals surface area contributed by atoms with Crippen LogP contribution in [-0.4, -0.2) is 16.9 Å². The number of pyridine rings is 1. The van der Waals surface area contributed by atoms with Crippen LogP contribution in [0.2, 0.25) is 0 Å². The topological polar surface area (TPSA) is 77.9 Å². The summed E-state index contributed by atoms with van der Waals surface area (Å²) in [6, 6.07) is 10.3. The fourth-order valence-electron chi connectivity index (χ4n) is 3.52. The van der Waals surface area contributed by atoms with E-state index in [1.54, 1.807) is 6.20 Å². The number of rotatable bonds is 1. The highest BCUT2D eigenvalue weighted by Crippen LogP contribution is 2.42. The van der Waals surface area contributed by atoms with Crippen molar-refractivity contribution in [2.75, 3.05) is 0 Å². The second-order valence-electron chi connectivity index (χ2n) is 5.92. The molecule has 1 aliphatic heterocycles. The van der Waals surface area contributed by atoms with Gasteiger partial charge in [0.25, 0.3) is 0 Å². The first kappa shape index (κ1) is 13.0. The quantitative estimate of drug-likeness (QED) is 0.751. The molecular weight excluding hydrogens is 276 g/mol. The van der Waals surface area contributed by atoms with Crippen molar-refractivity contribution in [3.8, 4) is 11.1 Å². The van der Waals surface area contributed by atoms with Crippen LogP contribution in [0.3, 0.4) is 0 Å². The molecule has 5 nitrogen and oxygen atoms in total. The zero-order valence-corrected chi connectivity index (χ0v) is 12.0. The molecular formula is C17H16N4O. The molecule has 1 aromatic heterocycles. The van der Waals surface area contributed by atoms with Crippen LogP contribution >= 0.6 is 0 Å². The number of nitrogens with one attached hydrogen (secondary N) is 3. The average molecular weight is 292 g/mol. The number of fused-ring (bicyclic) bond motifs is 2. The number of hydrogen-bond acceptors (Lipinski definition) is 3. The number of aryl methyl sites for hydroxylation is 1. The summed E-state index contributed by atoms with van der Waals surface area (Å²) in [5, 5.41) is 13.5. The van der Waals surface area contributed by atoms with Gasteiger partial charge in [0.05, 0.1) is 12.0 Å². The van der Waals surface area contributed by atoms with E-state index in [0.29, 0.717) is 6.42 Å². The fourth-order valence-corrected chi connectivity index (χ4v) is 3.52. The van der Waals surface area contributed by atoms with E-state index < -0.39 is 5.54 Å². The molecule has 1 saturated heterocycles. The summed E-state index contributed by atoms with van der Waals surface area (Å²) in [5.74, 6) is -0.000684. The van der Waals surface area contributed by atoms with E-state index in [0.717, 1.165) is 29.5 Å². The predicted molar refractivity (Wildman–Crippen MR) is 83.3 cm³/mol. The van der Waals surface area contributed by atoms with Gasteiger partial charge >= 0.3 is 0 Å². The Morgan fingerprint density at radius 3 is 2.91 bits per heavy atom. The number of carbonyl (C=O) groups excluding carboxylic acids is 1. The van der Waals surface area contributed by atoms with E-state index in [9.17, 15) is 4.79 Å². The van der Waals surface area contributed by atoms with E-state index in [2.05, 4.69) is 33.8 Å². The van der Waals surface area contributed by atoms with Gasteiger partial charge in [-0.25, -0.2) is 0 Å². The summed E-state index contributed by atoms with van der Waals surface area (Å²) in [5.41, 5.74) is 4.10. The third kappa shape index (κ3) is 1.97. The number of nitrogens with zero attached hydrogens (tertiary/aromatic N) is 1. The molecule has 0 saturated carbocycles. The van der Waals surface area contributed by atoms with Crippen molar-refractivity contribution in [2.24, 2.45) is 0 Å². The number of amides is 1. The maximum absolute atomic E-state index is 11.9. The smallest absolute Gasteiger partial charge is 0.229 e. The van der Waals surface area contributed by atoms with Crippen LogP contribution in [0.4, 0.5) is 0 Å². The van der Waals surface area contributed by atoms with Crippen LogP contribution in [-0.2, 0) is 16.8 Å². The lowest BCUT2D eigenvalue weighted by molar-refractivity contribution is -0.122. The predicted octanol–water partition coefficient (Wildman–Crippen LogP) is 1.93. The Morgan fingerprint density at radius 2 is 2.14 bits per heavy atom. The maximum atomic E-state index is 11.9. The Balaban J connectivity index is 1.81. The Labute approximate surface area is 128 Å². The Morgan fingerprint density at radius 1 is 1.23 bits per heavy atom. The van der Waals surface area contributed by atoms with Crippen molar-refractivity contribution >= 4 is 11.9 Å². The van der Waals surface area contributed by atoms with Gasteiger partial charge in [0.2, 0.25) is 5.91 Å². The van der Waals surface area contributed by atoms with Gasteiger partial charge in [-0.1, -0.05) is 18.2 Å². The van der Waals surface area contributed by atoms with Crippen LogP contribution in [0.1, 0.15) is 24.0 Å². The Bertz CT molecular complexity index is 753. The molecule has 22 heavy (non-hydrogen) atoms. The minimum atomic E-state index is -0.438. The molecule has 2 heterocycles.